The summed E-state index contributed by atoms with van der Waals surface area (Å²) in [4.78, 5) is 2.53. The Balaban J connectivity index is 1.38. The Morgan fingerprint density at radius 3 is 2.84 bits per heavy atom. The van der Waals surface area contributed by atoms with E-state index in [1.165, 1.54) is 11.4 Å². The molecule has 25 heavy (non-hydrogen) atoms. The second kappa shape index (κ2) is 7.54. The van der Waals surface area contributed by atoms with Crippen LogP contribution in [0.15, 0.2) is 24.3 Å². The van der Waals surface area contributed by atoms with Crippen molar-refractivity contribution in [3.8, 4) is 5.75 Å². The highest BCUT2D eigenvalue weighted by molar-refractivity contribution is 5.33. The van der Waals surface area contributed by atoms with E-state index in [1.54, 1.807) is 0 Å². The van der Waals surface area contributed by atoms with Crippen LogP contribution in [-0.2, 0) is 19.6 Å². The van der Waals surface area contributed by atoms with Crippen LogP contribution in [0, 0.1) is 0 Å². The molecule has 1 fully saturated rings. The Morgan fingerprint density at radius 1 is 1.16 bits per heavy atom. The van der Waals surface area contributed by atoms with Gasteiger partial charge in [0, 0.05) is 31.1 Å². The quantitative estimate of drug-likeness (QED) is 0.903. The van der Waals surface area contributed by atoms with E-state index in [9.17, 15) is 0 Å². The van der Waals surface area contributed by atoms with Gasteiger partial charge in [-0.25, -0.2) is 0 Å². The molecule has 0 atom stereocenters. The number of fused-ring (bicyclic) bond motifs is 1. The maximum Gasteiger partial charge on any atom is 0.147 e. The van der Waals surface area contributed by atoms with E-state index in [-0.39, 0.29) is 0 Å². The van der Waals surface area contributed by atoms with E-state index in [4.69, 9.17) is 4.74 Å². The van der Waals surface area contributed by atoms with Gasteiger partial charge in [-0.1, -0.05) is 18.2 Å². The van der Waals surface area contributed by atoms with Gasteiger partial charge >= 0.3 is 0 Å². The third-order valence-electron chi connectivity index (χ3n) is 5.27. The van der Waals surface area contributed by atoms with Crippen molar-refractivity contribution in [2.24, 2.45) is 0 Å². The zero-order valence-corrected chi connectivity index (χ0v) is 14.9. The predicted molar refractivity (Wildman–Crippen MR) is 96.6 cm³/mol. The highest BCUT2D eigenvalue weighted by Gasteiger charge is 2.27. The van der Waals surface area contributed by atoms with Crippen molar-refractivity contribution in [1.29, 1.82) is 0 Å². The molecule has 1 aromatic carbocycles. The summed E-state index contributed by atoms with van der Waals surface area (Å²) in [6, 6.07) is 8.40. The number of hydrogen-bond acceptors (Lipinski definition) is 5. The number of nitrogens with zero attached hydrogens (tertiary/aromatic N) is 4. The zero-order chi connectivity index (χ0) is 17.1. The average molecular weight is 341 g/mol. The fourth-order valence-corrected chi connectivity index (χ4v) is 3.94. The Morgan fingerprint density at radius 2 is 2.00 bits per heavy atom. The molecule has 2 aliphatic heterocycles. The van der Waals surface area contributed by atoms with Crippen LogP contribution in [0.4, 0.5) is 0 Å². The normalized spacial score (nSPS) is 18.9. The number of ether oxygens (including phenoxy) is 1. The Hall–Kier alpha value is -1.92. The van der Waals surface area contributed by atoms with Crippen LogP contribution in [-0.4, -0.2) is 45.9 Å². The molecule has 0 bridgehead atoms. The molecule has 3 heterocycles. The summed E-state index contributed by atoms with van der Waals surface area (Å²) in [7, 11) is 0. The zero-order valence-electron chi connectivity index (χ0n) is 14.9. The van der Waals surface area contributed by atoms with Crippen molar-refractivity contribution in [3.63, 3.8) is 0 Å². The highest BCUT2D eigenvalue weighted by atomic mass is 16.5. The molecule has 6 nitrogen and oxygen atoms in total. The summed E-state index contributed by atoms with van der Waals surface area (Å²) in [6.45, 7) is 8.79. The van der Waals surface area contributed by atoms with E-state index < -0.39 is 0 Å². The molecule has 0 aliphatic carbocycles. The second-order valence-electron chi connectivity index (χ2n) is 6.89. The third-order valence-corrected chi connectivity index (χ3v) is 5.27. The first kappa shape index (κ1) is 16.5. The van der Waals surface area contributed by atoms with Crippen LogP contribution >= 0.6 is 0 Å². The summed E-state index contributed by atoms with van der Waals surface area (Å²) in [5.74, 6) is 3.85. The molecule has 6 heteroatoms. The first-order valence-electron chi connectivity index (χ1n) is 9.41. The van der Waals surface area contributed by atoms with Crippen molar-refractivity contribution < 1.29 is 4.74 Å². The van der Waals surface area contributed by atoms with E-state index in [1.807, 2.05) is 13.0 Å². The fourth-order valence-electron chi connectivity index (χ4n) is 3.94. The topological polar surface area (TPSA) is 55.2 Å². The Labute approximate surface area is 149 Å². The molecule has 0 spiro atoms. The number of aromatic nitrogens is 3. The molecular formula is C19H27N5O. The van der Waals surface area contributed by atoms with E-state index in [0.29, 0.717) is 12.5 Å². The number of nitrogens with one attached hydrogen (secondary N) is 1. The largest absolute Gasteiger partial charge is 0.494 e. The maximum absolute atomic E-state index is 5.77. The van der Waals surface area contributed by atoms with Gasteiger partial charge in [-0.3, -0.25) is 4.90 Å². The molecule has 1 N–H and O–H groups in total. The minimum Gasteiger partial charge on any atom is -0.494 e. The summed E-state index contributed by atoms with van der Waals surface area (Å²) in [5.41, 5.74) is 1.29. The lowest BCUT2D eigenvalue weighted by atomic mass is 9.95. The molecule has 0 saturated carbocycles. The summed E-state index contributed by atoms with van der Waals surface area (Å²) in [5, 5.41) is 12.2. The molecule has 0 amide bonds. The van der Waals surface area contributed by atoms with Crippen LogP contribution in [0.1, 0.15) is 42.9 Å². The van der Waals surface area contributed by atoms with E-state index >= 15 is 0 Å². The lowest BCUT2D eigenvalue weighted by Gasteiger charge is -2.32. The van der Waals surface area contributed by atoms with Gasteiger partial charge in [0.25, 0.3) is 0 Å². The Bertz CT molecular complexity index is 706. The monoisotopic (exact) mass is 341 g/mol. The van der Waals surface area contributed by atoms with Crippen LogP contribution in [0.2, 0.25) is 0 Å². The van der Waals surface area contributed by atoms with Crippen LogP contribution in [0.3, 0.4) is 0 Å². The van der Waals surface area contributed by atoms with E-state index in [0.717, 1.165) is 63.7 Å². The number of likely N-dealkylation sites (tertiary alicyclic amines) is 1. The van der Waals surface area contributed by atoms with E-state index in [2.05, 4.69) is 43.2 Å². The molecule has 4 rings (SSSR count). The fraction of sp³-hybridized carbons (Fsp3) is 0.579. The molecule has 2 aliphatic rings. The third kappa shape index (κ3) is 3.55. The molecule has 134 valence electrons. The second-order valence-corrected chi connectivity index (χ2v) is 6.89. The van der Waals surface area contributed by atoms with Gasteiger partial charge in [0.2, 0.25) is 0 Å². The van der Waals surface area contributed by atoms with Gasteiger partial charge < -0.3 is 14.6 Å². The highest BCUT2D eigenvalue weighted by Crippen LogP contribution is 2.29. The molecular weight excluding hydrogens is 314 g/mol. The molecule has 2 aromatic rings. The maximum atomic E-state index is 5.77. The van der Waals surface area contributed by atoms with Crippen molar-refractivity contribution in [3.05, 3.63) is 41.5 Å². The van der Waals surface area contributed by atoms with Gasteiger partial charge in [0.15, 0.2) is 0 Å². The Kier molecular flexibility index (Phi) is 4.99. The summed E-state index contributed by atoms with van der Waals surface area (Å²) in [6.07, 6.45) is 2.31. The summed E-state index contributed by atoms with van der Waals surface area (Å²) < 4.78 is 8.10. The van der Waals surface area contributed by atoms with Gasteiger partial charge in [0.05, 0.1) is 13.2 Å². The molecule has 0 radical (unpaired) electrons. The number of rotatable bonds is 5. The van der Waals surface area contributed by atoms with Gasteiger partial charge in [-0.05, 0) is 38.9 Å². The lowest BCUT2D eigenvalue weighted by molar-refractivity contribution is 0.196. The molecule has 1 saturated heterocycles. The van der Waals surface area contributed by atoms with Gasteiger partial charge in [0.1, 0.15) is 17.4 Å². The minimum atomic E-state index is 0.540. The van der Waals surface area contributed by atoms with Crippen LogP contribution in [0.5, 0.6) is 5.75 Å². The van der Waals surface area contributed by atoms with Gasteiger partial charge in [-0.2, -0.15) is 0 Å². The minimum absolute atomic E-state index is 0.540. The van der Waals surface area contributed by atoms with Crippen molar-refractivity contribution in [2.45, 2.75) is 45.3 Å². The number of hydrogen-bond donors (Lipinski definition) is 1. The smallest absolute Gasteiger partial charge is 0.147 e. The number of para-hydroxylation sites is 1. The van der Waals surface area contributed by atoms with Crippen molar-refractivity contribution >= 4 is 0 Å². The lowest BCUT2D eigenvalue weighted by Crippen LogP contribution is -2.34. The number of benzene rings is 1. The first-order valence-corrected chi connectivity index (χ1v) is 9.41. The van der Waals surface area contributed by atoms with Crippen molar-refractivity contribution in [2.75, 3.05) is 26.2 Å². The summed E-state index contributed by atoms with van der Waals surface area (Å²) >= 11 is 0. The number of piperidine rings is 1. The standard InChI is InChI=1S/C19H27N5O/c1-2-25-17-6-4-3-5-16(17)14-23-10-7-15(8-11-23)19-22-21-18-13-20-9-12-24(18)19/h3-6,15,20H,2,7-14H2,1H3. The molecule has 1 aromatic heterocycles. The van der Waals surface area contributed by atoms with Crippen LogP contribution in [0.25, 0.3) is 0 Å². The molecule has 0 unspecified atom stereocenters. The first-order chi connectivity index (χ1) is 12.3. The predicted octanol–water partition coefficient (Wildman–Crippen LogP) is 2.16. The average Bonchev–Trinajstić information content (AvgIpc) is 3.08. The van der Waals surface area contributed by atoms with Gasteiger partial charge in [-0.15, -0.1) is 10.2 Å². The SMILES string of the molecule is CCOc1ccccc1CN1CCC(c2nnc3n2CCNC3)CC1. The van der Waals surface area contributed by atoms with Crippen molar-refractivity contribution in [1.82, 2.24) is 25.0 Å². The van der Waals surface area contributed by atoms with Crippen LogP contribution < -0.4 is 10.1 Å².